The fourth-order valence-electron chi connectivity index (χ4n) is 5.16. The molecule has 0 atom stereocenters. The Bertz CT molecular complexity index is 1480. The van der Waals surface area contributed by atoms with E-state index >= 15 is 0 Å². The van der Waals surface area contributed by atoms with Crippen LogP contribution in [-0.2, 0) is 20.1 Å². The van der Waals surface area contributed by atoms with Crippen LogP contribution in [-0.4, -0.2) is 19.9 Å². The molecule has 6 aromatic carbocycles. The van der Waals surface area contributed by atoms with Gasteiger partial charge in [-0.3, -0.25) is 19.9 Å². The Morgan fingerprint density at radius 2 is 0.459 bits per heavy atom. The van der Waals surface area contributed by atoms with Crippen molar-refractivity contribution in [3.05, 3.63) is 122 Å². The summed E-state index contributed by atoms with van der Waals surface area (Å²) >= 11 is 0. The van der Waals surface area contributed by atoms with E-state index in [9.17, 15) is 0 Å². The van der Waals surface area contributed by atoms with Gasteiger partial charge in [-0.2, -0.15) is 0 Å². The van der Waals surface area contributed by atoms with Crippen LogP contribution in [0.5, 0.6) is 0 Å². The van der Waals surface area contributed by atoms with E-state index in [1.807, 2.05) is 24.3 Å². The molecule has 0 saturated heterocycles. The second-order valence-corrected chi connectivity index (χ2v) is 8.69. The molecule has 8 rings (SSSR count). The number of hydrogen-bond acceptors (Lipinski definition) is 4. The largest absolute Gasteiger partial charge is 3.00 e. The molecule has 0 radical (unpaired) electrons. The maximum Gasteiger partial charge on any atom is 3.00 e. The summed E-state index contributed by atoms with van der Waals surface area (Å²) in [5, 5.41) is 9.61. The standard InChI is InChI=1S/2C16H10N2.Ir/c2*1-3-7-13-11(5-1)12-6-2-4-8-14(12)16-15(13)17-9-10-18-16;/h2*1-10H;/q;;+3. The van der Waals surface area contributed by atoms with Crippen LogP contribution in [0, 0.1) is 0 Å². The van der Waals surface area contributed by atoms with E-state index in [0.29, 0.717) is 0 Å². The van der Waals surface area contributed by atoms with Crippen LogP contribution >= 0.6 is 0 Å². The first kappa shape index (κ1) is 23.1. The fourth-order valence-corrected chi connectivity index (χ4v) is 5.16. The van der Waals surface area contributed by atoms with Crippen LogP contribution < -0.4 is 0 Å². The minimum absolute atomic E-state index is 0. The first-order chi connectivity index (χ1) is 17.9. The SMILES string of the molecule is [Ir+3].c1ccc2c(c1)c1ccccc1c1nccnc21.c1ccc2c(c1)c1ccccc1c1nccnc21. The zero-order chi connectivity index (χ0) is 23.9. The maximum atomic E-state index is 4.50. The summed E-state index contributed by atoms with van der Waals surface area (Å²) in [6.07, 6.45) is 7.01. The summed E-state index contributed by atoms with van der Waals surface area (Å²) in [6.45, 7) is 0. The van der Waals surface area contributed by atoms with Gasteiger partial charge in [0.2, 0.25) is 0 Å². The molecule has 0 bridgehead atoms. The van der Waals surface area contributed by atoms with Crippen LogP contribution in [0.4, 0.5) is 0 Å². The van der Waals surface area contributed by atoms with E-state index in [-0.39, 0.29) is 20.1 Å². The Morgan fingerprint density at radius 3 is 0.676 bits per heavy atom. The third-order valence-corrected chi connectivity index (χ3v) is 6.71. The van der Waals surface area contributed by atoms with Crippen molar-refractivity contribution in [1.82, 2.24) is 19.9 Å². The number of hydrogen-bond donors (Lipinski definition) is 0. The van der Waals surface area contributed by atoms with E-state index in [1.54, 1.807) is 24.8 Å². The van der Waals surface area contributed by atoms with Crippen LogP contribution in [0.3, 0.4) is 0 Å². The van der Waals surface area contributed by atoms with Gasteiger partial charge in [0.15, 0.2) is 0 Å². The molecule has 2 aromatic heterocycles. The molecule has 5 heteroatoms. The third kappa shape index (κ3) is 3.80. The number of nitrogens with zero attached hydrogens (tertiary/aromatic N) is 4. The molecule has 0 unspecified atom stereocenters. The summed E-state index contributed by atoms with van der Waals surface area (Å²) in [7, 11) is 0. The Morgan fingerprint density at radius 1 is 0.270 bits per heavy atom. The van der Waals surface area contributed by atoms with Gasteiger partial charge < -0.3 is 0 Å². The molecule has 174 valence electrons. The van der Waals surface area contributed by atoms with E-state index in [0.717, 1.165) is 22.1 Å². The second-order valence-electron chi connectivity index (χ2n) is 8.69. The van der Waals surface area contributed by atoms with Gasteiger partial charge in [0.05, 0.1) is 22.1 Å². The Kier molecular flexibility index (Phi) is 6.01. The summed E-state index contributed by atoms with van der Waals surface area (Å²) in [5.41, 5.74) is 3.91. The molecule has 0 aliphatic carbocycles. The predicted molar refractivity (Wildman–Crippen MR) is 149 cm³/mol. The molecular formula is C32H20IrN4+3. The van der Waals surface area contributed by atoms with Gasteiger partial charge in [0, 0.05) is 46.3 Å². The zero-order valence-corrected chi connectivity index (χ0v) is 22.1. The van der Waals surface area contributed by atoms with Crippen molar-refractivity contribution in [3.8, 4) is 0 Å². The molecule has 0 aliphatic heterocycles. The molecule has 0 amide bonds. The van der Waals surface area contributed by atoms with Crippen molar-refractivity contribution in [3.63, 3.8) is 0 Å². The monoisotopic (exact) mass is 653 g/mol. The summed E-state index contributed by atoms with van der Waals surface area (Å²) in [6, 6.07) is 33.5. The van der Waals surface area contributed by atoms with Gasteiger partial charge in [0.1, 0.15) is 0 Å². The average Bonchev–Trinajstić information content (AvgIpc) is 2.98. The summed E-state index contributed by atoms with van der Waals surface area (Å²) in [5.74, 6) is 0. The molecule has 0 saturated carbocycles. The first-order valence-corrected chi connectivity index (χ1v) is 11.9. The number of fused-ring (bicyclic) bond motifs is 12. The Labute approximate surface area is 226 Å². The van der Waals surface area contributed by atoms with Crippen molar-refractivity contribution in [2.24, 2.45) is 0 Å². The van der Waals surface area contributed by atoms with Crippen molar-refractivity contribution in [2.75, 3.05) is 0 Å². The van der Waals surface area contributed by atoms with Crippen molar-refractivity contribution >= 4 is 65.2 Å². The minimum atomic E-state index is 0. The van der Waals surface area contributed by atoms with E-state index in [4.69, 9.17) is 0 Å². The van der Waals surface area contributed by atoms with Crippen molar-refractivity contribution < 1.29 is 20.1 Å². The number of benzene rings is 6. The number of rotatable bonds is 0. The van der Waals surface area contributed by atoms with Crippen LogP contribution in [0.25, 0.3) is 65.2 Å². The van der Waals surface area contributed by atoms with Gasteiger partial charge >= 0.3 is 20.1 Å². The first-order valence-electron chi connectivity index (χ1n) is 11.9. The smallest absolute Gasteiger partial charge is 0.252 e. The summed E-state index contributed by atoms with van der Waals surface area (Å²) < 4.78 is 0. The maximum absolute atomic E-state index is 4.50. The fraction of sp³-hybridized carbons (Fsp3) is 0. The normalized spacial score (nSPS) is 11.0. The van der Waals surface area contributed by atoms with E-state index < -0.39 is 0 Å². The molecule has 8 aromatic rings. The number of aromatic nitrogens is 4. The van der Waals surface area contributed by atoms with E-state index in [1.165, 1.54) is 43.1 Å². The molecule has 37 heavy (non-hydrogen) atoms. The van der Waals surface area contributed by atoms with Gasteiger partial charge in [-0.1, -0.05) is 97.1 Å². The Hall–Kier alpha value is -4.31. The molecule has 0 fully saturated rings. The van der Waals surface area contributed by atoms with Crippen molar-refractivity contribution in [1.29, 1.82) is 0 Å². The second kappa shape index (κ2) is 9.62. The topological polar surface area (TPSA) is 51.6 Å². The van der Waals surface area contributed by atoms with Crippen LogP contribution in [0.2, 0.25) is 0 Å². The molecule has 4 nitrogen and oxygen atoms in total. The van der Waals surface area contributed by atoms with Gasteiger partial charge in [-0.25, -0.2) is 0 Å². The van der Waals surface area contributed by atoms with Gasteiger partial charge in [-0.05, 0) is 21.5 Å². The zero-order valence-electron chi connectivity index (χ0n) is 19.7. The predicted octanol–water partition coefficient (Wildman–Crippen LogP) is 7.87. The third-order valence-electron chi connectivity index (χ3n) is 6.71. The van der Waals surface area contributed by atoms with Crippen molar-refractivity contribution in [2.45, 2.75) is 0 Å². The molecule has 0 N–H and O–H groups in total. The quantitative estimate of drug-likeness (QED) is 0.157. The minimum Gasteiger partial charge on any atom is -0.252 e. The van der Waals surface area contributed by atoms with Crippen LogP contribution in [0.15, 0.2) is 122 Å². The van der Waals surface area contributed by atoms with Crippen LogP contribution in [0.1, 0.15) is 0 Å². The average molecular weight is 653 g/mol. The van der Waals surface area contributed by atoms with Gasteiger partial charge in [-0.15, -0.1) is 0 Å². The van der Waals surface area contributed by atoms with E-state index in [2.05, 4.69) is 92.7 Å². The molecule has 0 spiro atoms. The summed E-state index contributed by atoms with van der Waals surface area (Å²) in [4.78, 5) is 18.0. The Balaban J connectivity index is 0.000000133. The molecular weight excluding hydrogens is 633 g/mol. The van der Waals surface area contributed by atoms with Gasteiger partial charge in [0.25, 0.3) is 0 Å². The molecule has 2 heterocycles. The molecule has 0 aliphatic rings.